The average Bonchev–Trinajstić information content (AvgIpc) is 2.24. The molecule has 3 N–H and O–H groups in total. The lowest BCUT2D eigenvalue weighted by molar-refractivity contribution is -0.140. The molecule has 0 radical (unpaired) electrons. The molecule has 6 heteroatoms. The Balaban J connectivity index is 2.52. The number of rotatable bonds is 4. The fraction of sp³-hybridized carbons (Fsp3) is 0.333. The molecule has 0 aliphatic rings. The van der Waals surface area contributed by atoms with E-state index in [-0.39, 0.29) is 6.54 Å². The van der Waals surface area contributed by atoms with Gasteiger partial charge in [-0.3, -0.25) is 4.79 Å². The second-order valence-corrected chi connectivity index (χ2v) is 5.01. The SMILES string of the molecule is Cc1cc(Br)cc(NC(=O)NCC(C)C(=O)O)c1. The Morgan fingerprint density at radius 1 is 1.39 bits per heavy atom. The number of aliphatic carboxylic acids is 1. The zero-order valence-corrected chi connectivity index (χ0v) is 11.7. The van der Waals surface area contributed by atoms with Gasteiger partial charge in [0.25, 0.3) is 0 Å². The Labute approximate surface area is 114 Å². The number of hydrogen-bond acceptors (Lipinski definition) is 2. The summed E-state index contributed by atoms with van der Waals surface area (Å²) in [7, 11) is 0. The zero-order valence-electron chi connectivity index (χ0n) is 10.2. The predicted molar refractivity (Wildman–Crippen MR) is 72.7 cm³/mol. The lowest BCUT2D eigenvalue weighted by Gasteiger charge is -2.10. The Kier molecular flexibility index (Phi) is 5.15. The van der Waals surface area contributed by atoms with Crippen molar-refractivity contribution in [3.63, 3.8) is 0 Å². The molecule has 1 rings (SSSR count). The van der Waals surface area contributed by atoms with Crippen molar-refractivity contribution >= 4 is 33.6 Å². The van der Waals surface area contributed by atoms with Gasteiger partial charge in [0.2, 0.25) is 0 Å². The number of carbonyl (C=O) groups is 2. The van der Waals surface area contributed by atoms with Gasteiger partial charge >= 0.3 is 12.0 Å². The molecule has 0 bridgehead atoms. The summed E-state index contributed by atoms with van der Waals surface area (Å²) < 4.78 is 0.872. The van der Waals surface area contributed by atoms with Gasteiger partial charge in [0.1, 0.15) is 0 Å². The zero-order chi connectivity index (χ0) is 13.7. The summed E-state index contributed by atoms with van der Waals surface area (Å²) in [5.41, 5.74) is 1.67. The number of carboxylic acid groups (broad SMARTS) is 1. The Morgan fingerprint density at radius 3 is 2.61 bits per heavy atom. The van der Waals surface area contributed by atoms with Crippen molar-refractivity contribution in [2.45, 2.75) is 13.8 Å². The highest BCUT2D eigenvalue weighted by Crippen LogP contribution is 2.18. The molecule has 0 heterocycles. The Bertz CT molecular complexity index is 442. The molecule has 1 atom stereocenters. The molecular formula is C12H15BrN2O3. The van der Waals surface area contributed by atoms with Crippen LogP contribution in [0.2, 0.25) is 0 Å². The molecule has 0 saturated heterocycles. The average molecular weight is 315 g/mol. The van der Waals surface area contributed by atoms with Crippen LogP contribution < -0.4 is 10.6 Å². The quantitative estimate of drug-likeness (QED) is 0.799. The summed E-state index contributed by atoms with van der Waals surface area (Å²) in [5, 5.41) is 13.8. The third-order valence-electron chi connectivity index (χ3n) is 2.29. The van der Waals surface area contributed by atoms with Crippen LogP contribution in [0.5, 0.6) is 0 Å². The van der Waals surface area contributed by atoms with Crippen LogP contribution in [-0.4, -0.2) is 23.7 Å². The van der Waals surface area contributed by atoms with Crippen LogP contribution >= 0.6 is 15.9 Å². The van der Waals surface area contributed by atoms with Gasteiger partial charge in [0.15, 0.2) is 0 Å². The van der Waals surface area contributed by atoms with Crippen molar-refractivity contribution in [1.82, 2.24) is 5.32 Å². The minimum Gasteiger partial charge on any atom is -0.481 e. The first kappa shape index (κ1) is 14.5. The van der Waals surface area contributed by atoms with Crippen LogP contribution in [0.15, 0.2) is 22.7 Å². The van der Waals surface area contributed by atoms with E-state index in [0.717, 1.165) is 10.0 Å². The van der Waals surface area contributed by atoms with Gasteiger partial charge < -0.3 is 15.7 Å². The van der Waals surface area contributed by atoms with Crippen LogP contribution in [0.25, 0.3) is 0 Å². The van der Waals surface area contributed by atoms with Crippen LogP contribution in [0, 0.1) is 12.8 Å². The van der Waals surface area contributed by atoms with E-state index in [4.69, 9.17) is 5.11 Å². The molecular weight excluding hydrogens is 300 g/mol. The van der Waals surface area contributed by atoms with Crippen molar-refractivity contribution in [3.05, 3.63) is 28.2 Å². The summed E-state index contributed by atoms with van der Waals surface area (Å²) in [6, 6.07) is 5.11. The maximum absolute atomic E-state index is 11.5. The fourth-order valence-electron chi connectivity index (χ4n) is 1.32. The number of benzene rings is 1. The van der Waals surface area contributed by atoms with Crippen molar-refractivity contribution in [1.29, 1.82) is 0 Å². The maximum atomic E-state index is 11.5. The van der Waals surface area contributed by atoms with Gasteiger partial charge in [-0.2, -0.15) is 0 Å². The highest BCUT2D eigenvalue weighted by molar-refractivity contribution is 9.10. The summed E-state index contributed by atoms with van der Waals surface area (Å²) in [6.45, 7) is 3.54. The lowest BCUT2D eigenvalue weighted by atomic mass is 10.2. The van der Waals surface area contributed by atoms with E-state index < -0.39 is 17.9 Å². The topological polar surface area (TPSA) is 78.4 Å². The molecule has 1 unspecified atom stereocenters. The van der Waals surface area contributed by atoms with E-state index >= 15 is 0 Å². The summed E-state index contributed by atoms with van der Waals surface area (Å²) >= 11 is 3.33. The lowest BCUT2D eigenvalue weighted by Crippen LogP contribution is -2.34. The minimum absolute atomic E-state index is 0.0914. The normalized spacial score (nSPS) is 11.7. The summed E-state index contributed by atoms with van der Waals surface area (Å²) in [6.07, 6.45) is 0. The van der Waals surface area contributed by atoms with E-state index in [1.165, 1.54) is 6.92 Å². The number of halogens is 1. The van der Waals surface area contributed by atoms with Gasteiger partial charge in [-0.15, -0.1) is 0 Å². The number of nitrogens with one attached hydrogen (secondary N) is 2. The number of carbonyl (C=O) groups excluding carboxylic acids is 1. The first-order chi connectivity index (χ1) is 8.38. The molecule has 0 aliphatic carbocycles. The molecule has 18 heavy (non-hydrogen) atoms. The molecule has 0 aromatic heterocycles. The van der Waals surface area contributed by atoms with Crippen LogP contribution in [-0.2, 0) is 4.79 Å². The molecule has 0 fully saturated rings. The molecule has 0 saturated carbocycles. The largest absolute Gasteiger partial charge is 0.481 e. The number of urea groups is 1. The number of carboxylic acids is 1. The molecule has 1 aromatic carbocycles. The molecule has 1 aromatic rings. The van der Waals surface area contributed by atoms with E-state index in [9.17, 15) is 9.59 Å². The smallest absolute Gasteiger partial charge is 0.319 e. The second-order valence-electron chi connectivity index (χ2n) is 4.09. The van der Waals surface area contributed by atoms with Crippen LogP contribution in [0.1, 0.15) is 12.5 Å². The minimum atomic E-state index is -0.936. The van der Waals surface area contributed by atoms with Gasteiger partial charge in [-0.25, -0.2) is 4.79 Å². The Morgan fingerprint density at radius 2 is 2.06 bits per heavy atom. The molecule has 5 nitrogen and oxygen atoms in total. The van der Waals surface area contributed by atoms with Gasteiger partial charge in [0, 0.05) is 16.7 Å². The summed E-state index contributed by atoms with van der Waals surface area (Å²) in [4.78, 5) is 22.1. The van der Waals surface area contributed by atoms with Crippen molar-refractivity contribution in [2.24, 2.45) is 5.92 Å². The molecule has 98 valence electrons. The van der Waals surface area contributed by atoms with Gasteiger partial charge in [-0.05, 0) is 30.7 Å². The highest BCUT2D eigenvalue weighted by atomic mass is 79.9. The number of aryl methyl sites for hydroxylation is 1. The van der Waals surface area contributed by atoms with E-state index in [1.54, 1.807) is 6.07 Å². The monoisotopic (exact) mass is 314 g/mol. The first-order valence-electron chi connectivity index (χ1n) is 5.43. The second kappa shape index (κ2) is 6.39. The maximum Gasteiger partial charge on any atom is 0.319 e. The van der Waals surface area contributed by atoms with Crippen molar-refractivity contribution in [2.75, 3.05) is 11.9 Å². The van der Waals surface area contributed by atoms with Crippen LogP contribution in [0.4, 0.5) is 10.5 Å². The third-order valence-corrected chi connectivity index (χ3v) is 2.75. The van der Waals surface area contributed by atoms with Crippen molar-refractivity contribution < 1.29 is 14.7 Å². The van der Waals surface area contributed by atoms with E-state index in [2.05, 4.69) is 26.6 Å². The van der Waals surface area contributed by atoms with E-state index in [1.807, 2.05) is 19.1 Å². The van der Waals surface area contributed by atoms with Gasteiger partial charge in [0.05, 0.1) is 5.92 Å². The first-order valence-corrected chi connectivity index (χ1v) is 6.22. The standard InChI is InChI=1S/C12H15BrN2O3/c1-7-3-9(13)5-10(4-7)15-12(18)14-6-8(2)11(16)17/h3-5,8H,6H2,1-2H3,(H,16,17)(H2,14,15,18). The summed E-state index contributed by atoms with van der Waals surface area (Å²) in [5.74, 6) is -1.55. The van der Waals surface area contributed by atoms with E-state index in [0.29, 0.717) is 5.69 Å². The third kappa shape index (κ3) is 4.75. The fourth-order valence-corrected chi connectivity index (χ4v) is 1.92. The highest BCUT2D eigenvalue weighted by Gasteiger charge is 2.12. The number of amides is 2. The predicted octanol–water partition coefficient (Wildman–Crippen LogP) is 2.60. The van der Waals surface area contributed by atoms with Crippen LogP contribution in [0.3, 0.4) is 0 Å². The number of anilines is 1. The molecule has 2 amide bonds. The van der Waals surface area contributed by atoms with Gasteiger partial charge in [-0.1, -0.05) is 22.9 Å². The molecule has 0 spiro atoms. The Hall–Kier alpha value is -1.56. The van der Waals surface area contributed by atoms with Crippen molar-refractivity contribution in [3.8, 4) is 0 Å². The number of hydrogen-bond donors (Lipinski definition) is 3. The molecule has 0 aliphatic heterocycles.